The topological polar surface area (TPSA) is 48.1 Å². The fourth-order valence-electron chi connectivity index (χ4n) is 2.53. The molecule has 0 spiro atoms. The largest absolute Gasteiger partial charge is 0.357 e. The monoisotopic (exact) mass is 269 g/mol. The number of fused-ring (bicyclic) bond motifs is 1. The lowest BCUT2D eigenvalue weighted by Crippen LogP contribution is -2.24. The van der Waals surface area contributed by atoms with E-state index in [1.807, 2.05) is 12.1 Å². The number of carbonyl (C=O) groups excluding carboxylic acids is 1. The van der Waals surface area contributed by atoms with Crippen molar-refractivity contribution in [2.75, 3.05) is 5.32 Å². The first-order valence-corrected chi connectivity index (χ1v) is 6.94. The highest BCUT2D eigenvalue weighted by molar-refractivity contribution is 6.02. The lowest BCUT2D eigenvalue weighted by molar-refractivity contribution is 0.102. The van der Waals surface area contributed by atoms with Crippen LogP contribution in [0.1, 0.15) is 35.5 Å². The number of aromatic amines is 1. The number of benzene rings is 1. The number of hydrogen-bond acceptors (Lipinski definition) is 2. The molecule has 2 aromatic rings. The molecule has 1 aliphatic rings. The molecular formula is C16H19N3O. The average Bonchev–Trinajstić information content (AvgIpc) is 3.07. The second-order valence-corrected chi connectivity index (χ2v) is 5.52. The van der Waals surface area contributed by atoms with E-state index in [4.69, 9.17) is 0 Å². The predicted octanol–water partition coefficient (Wildman–Crippen LogP) is 2.99. The van der Waals surface area contributed by atoms with E-state index in [-0.39, 0.29) is 5.91 Å². The molecule has 3 rings (SSSR count). The summed E-state index contributed by atoms with van der Waals surface area (Å²) >= 11 is 0. The van der Waals surface area contributed by atoms with Crippen LogP contribution in [0.2, 0.25) is 0 Å². The minimum Gasteiger partial charge on any atom is -0.357 e. The van der Waals surface area contributed by atoms with Crippen molar-refractivity contribution in [3.05, 3.63) is 53.3 Å². The van der Waals surface area contributed by atoms with Crippen LogP contribution in [0.3, 0.4) is 0 Å². The van der Waals surface area contributed by atoms with Crippen molar-refractivity contribution in [2.24, 2.45) is 0 Å². The zero-order chi connectivity index (χ0) is 14.1. The van der Waals surface area contributed by atoms with E-state index < -0.39 is 0 Å². The summed E-state index contributed by atoms with van der Waals surface area (Å²) in [6.45, 7) is 6.37. The van der Waals surface area contributed by atoms with Gasteiger partial charge in [-0.2, -0.15) is 0 Å². The maximum atomic E-state index is 12.0. The Hall–Kier alpha value is -2.07. The maximum Gasteiger partial charge on any atom is 0.272 e. The number of aromatic nitrogens is 1. The molecule has 20 heavy (non-hydrogen) atoms. The van der Waals surface area contributed by atoms with E-state index >= 15 is 0 Å². The van der Waals surface area contributed by atoms with Crippen LogP contribution in [0.5, 0.6) is 0 Å². The summed E-state index contributed by atoms with van der Waals surface area (Å²) in [6, 6.07) is 10.3. The molecular weight excluding hydrogens is 250 g/mol. The van der Waals surface area contributed by atoms with Gasteiger partial charge in [-0.1, -0.05) is 6.07 Å². The van der Waals surface area contributed by atoms with E-state index in [0.717, 1.165) is 18.8 Å². The molecule has 4 nitrogen and oxygen atoms in total. The summed E-state index contributed by atoms with van der Waals surface area (Å²) in [5.74, 6) is -0.103. The maximum absolute atomic E-state index is 12.0. The summed E-state index contributed by atoms with van der Waals surface area (Å²) in [5, 5.41) is 2.93. The van der Waals surface area contributed by atoms with Crippen LogP contribution >= 0.6 is 0 Å². The fourth-order valence-corrected chi connectivity index (χ4v) is 2.53. The van der Waals surface area contributed by atoms with Crippen molar-refractivity contribution in [3.8, 4) is 0 Å². The van der Waals surface area contributed by atoms with Crippen molar-refractivity contribution in [3.63, 3.8) is 0 Å². The minimum atomic E-state index is -0.103. The molecule has 0 saturated heterocycles. The SMILES string of the molecule is CC(C)N1Cc2ccc(NC(=O)c3ccc[nH]3)cc2C1. The van der Waals surface area contributed by atoms with E-state index in [1.54, 1.807) is 12.3 Å². The zero-order valence-corrected chi connectivity index (χ0v) is 11.8. The smallest absolute Gasteiger partial charge is 0.272 e. The first-order chi connectivity index (χ1) is 9.63. The minimum absolute atomic E-state index is 0.103. The molecule has 0 saturated carbocycles. The average molecular weight is 269 g/mol. The Balaban J connectivity index is 1.75. The summed E-state index contributed by atoms with van der Waals surface area (Å²) in [5.41, 5.74) is 4.10. The number of rotatable bonds is 3. The van der Waals surface area contributed by atoms with Crippen LogP contribution in [0.15, 0.2) is 36.5 Å². The first kappa shape index (κ1) is 12.9. The number of nitrogens with one attached hydrogen (secondary N) is 2. The van der Waals surface area contributed by atoms with Crippen LogP contribution in [-0.4, -0.2) is 21.8 Å². The third-order valence-electron chi connectivity index (χ3n) is 3.78. The van der Waals surface area contributed by atoms with Gasteiger partial charge in [-0.05, 0) is 49.2 Å². The summed E-state index contributed by atoms with van der Waals surface area (Å²) < 4.78 is 0. The highest BCUT2D eigenvalue weighted by Gasteiger charge is 2.21. The summed E-state index contributed by atoms with van der Waals surface area (Å²) in [7, 11) is 0. The van der Waals surface area contributed by atoms with E-state index in [1.165, 1.54) is 11.1 Å². The lowest BCUT2D eigenvalue weighted by Gasteiger charge is -2.18. The van der Waals surface area contributed by atoms with Crippen LogP contribution < -0.4 is 5.32 Å². The zero-order valence-electron chi connectivity index (χ0n) is 11.8. The Morgan fingerprint density at radius 3 is 2.75 bits per heavy atom. The summed E-state index contributed by atoms with van der Waals surface area (Å²) in [6.07, 6.45) is 1.75. The molecule has 2 heterocycles. The highest BCUT2D eigenvalue weighted by Crippen LogP contribution is 2.27. The molecule has 1 aliphatic heterocycles. The molecule has 0 radical (unpaired) electrons. The number of amides is 1. The van der Waals surface area contributed by atoms with Gasteiger partial charge in [0, 0.05) is 31.0 Å². The van der Waals surface area contributed by atoms with Crippen LogP contribution in [0.25, 0.3) is 0 Å². The fraction of sp³-hybridized carbons (Fsp3) is 0.312. The van der Waals surface area contributed by atoms with Crippen LogP contribution in [-0.2, 0) is 13.1 Å². The summed E-state index contributed by atoms with van der Waals surface area (Å²) in [4.78, 5) is 17.3. The molecule has 0 fully saturated rings. The molecule has 1 amide bonds. The standard InChI is InChI=1S/C16H19N3O/c1-11(2)19-9-12-5-6-14(8-13(12)10-19)18-16(20)15-4-3-7-17-15/h3-8,11,17H,9-10H2,1-2H3,(H,18,20). The molecule has 1 aromatic carbocycles. The quantitative estimate of drug-likeness (QED) is 0.900. The molecule has 1 aromatic heterocycles. The van der Waals surface area contributed by atoms with Gasteiger partial charge in [-0.25, -0.2) is 0 Å². The van der Waals surface area contributed by atoms with Crippen LogP contribution in [0, 0.1) is 0 Å². The Morgan fingerprint density at radius 2 is 2.05 bits per heavy atom. The Morgan fingerprint density at radius 1 is 1.25 bits per heavy atom. The normalized spacial score (nSPS) is 14.6. The third-order valence-corrected chi connectivity index (χ3v) is 3.78. The van der Waals surface area contributed by atoms with Gasteiger partial charge in [0.05, 0.1) is 0 Å². The van der Waals surface area contributed by atoms with Crippen molar-refractivity contribution in [2.45, 2.75) is 33.0 Å². The van der Waals surface area contributed by atoms with Gasteiger partial charge in [-0.3, -0.25) is 9.69 Å². The number of nitrogens with zero attached hydrogens (tertiary/aromatic N) is 1. The Bertz CT molecular complexity index is 617. The second-order valence-electron chi connectivity index (χ2n) is 5.52. The molecule has 0 unspecified atom stereocenters. The van der Waals surface area contributed by atoms with Gasteiger partial charge < -0.3 is 10.3 Å². The number of carbonyl (C=O) groups is 1. The van der Waals surface area contributed by atoms with Gasteiger partial charge in [-0.15, -0.1) is 0 Å². The van der Waals surface area contributed by atoms with Crippen LogP contribution in [0.4, 0.5) is 5.69 Å². The Kier molecular flexibility index (Phi) is 3.32. The van der Waals surface area contributed by atoms with Gasteiger partial charge in [0.25, 0.3) is 5.91 Å². The molecule has 104 valence electrons. The van der Waals surface area contributed by atoms with E-state index in [0.29, 0.717) is 11.7 Å². The van der Waals surface area contributed by atoms with Gasteiger partial charge in [0.2, 0.25) is 0 Å². The molecule has 0 atom stereocenters. The van der Waals surface area contributed by atoms with Gasteiger partial charge >= 0.3 is 0 Å². The second kappa shape index (κ2) is 5.13. The number of anilines is 1. The van der Waals surface area contributed by atoms with Gasteiger partial charge in [0.1, 0.15) is 5.69 Å². The number of hydrogen-bond donors (Lipinski definition) is 2. The van der Waals surface area contributed by atoms with Crippen molar-refractivity contribution < 1.29 is 4.79 Å². The molecule has 0 aliphatic carbocycles. The van der Waals surface area contributed by atoms with E-state index in [2.05, 4.69) is 41.2 Å². The van der Waals surface area contributed by atoms with Crippen molar-refractivity contribution in [1.82, 2.24) is 9.88 Å². The molecule has 4 heteroatoms. The molecule has 2 N–H and O–H groups in total. The molecule has 0 bridgehead atoms. The lowest BCUT2D eigenvalue weighted by atomic mass is 10.1. The first-order valence-electron chi connectivity index (χ1n) is 6.94. The van der Waals surface area contributed by atoms with Gasteiger partial charge in [0.15, 0.2) is 0 Å². The van der Waals surface area contributed by atoms with Crippen molar-refractivity contribution >= 4 is 11.6 Å². The number of H-pyrrole nitrogens is 1. The Labute approximate surface area is 118 Å². The predicted molar refractivity (Wildman–Crippen MR) is 79.6 cm³/mol. The third kappa shape index (κ3) is 2.47. The highest BCUT2D eigenvalue weighted by atomic mass is 16.1. The van der Waals surface area contributed by atoms with Crippen molar-refractivity contribution in [1.29, 1.82) is 0 Å². The van der Waals surface area contributed by atoms with E-state index in [9.17, 15) is 4.79 Å².